The Morgan fingerprint density at radius 2 is 1.78 bits per heavy atom. The molecule has 27 heavy (non-hydrogen) atoms. The van der Waals surface area contributed by atoms with Crippen LogP contribution in [0.1, 0.15) is 34.4 Å². The fourth-order valence-electron chi connectivity index (χ4n) is 2.89. The van der Waals surface area contributed by atoms with Gasteiger partial charge < -0.3 is 4.90 Å². The van der Waals surface area contributed by atoms with Gasteiger partial charge in [-0.25, -0.2) is 4.68 Å². The number of amides is 1. The van der Waals surface area contributed by atoms with Gasteiger partial charge in [0.2, 0.25) is 5.91 Å². The summed E-state index contributed by atoms with van der Waals surface area (Å²) in [5.74, 6) is -0.364. The predicted molar refractivity (Wildman–Crippen MR) is 101 cm³/mol. The Labute approximate surface area is 158 Å². The summed E-state index contributed by atoms with van der Waals surface area (Å²) in [7, 11) is 0. The van der Waals surface area contributed by atoms with Crippen LogP contribution in [0, 0.1) is 50.4 Å². The summed E-state index contributed by atoms with van der Waals surface area (Å²) in [5.41, 5.74) is 3.10. The lowest BCUT2D eigenvalue weighted by Crippen LogP contribution is -2.39. The van der Waals surface area contributed by atoms with Gasteiger partial charge in [-0.15, -0.1) is 0 Å². The first-order valence-corrected chi connectivity index (χ1v) is 8.52. The smallest absolute Gasteiger partial charge is 0.285 e. The Kier molecular flexibility index (Phi) is 6.10. The SMILES string of the molecule is Cc1cc(C)cc(N(CCC#N)C(=O)Cn2nc(C)c(C)c(C#N)c2=O)c1. The predicted octanol–water partition coefficient (Wildman–Crippen LogP) is 2.30. The number of anilines is 1. The van der Waals surface area contributed by atoms with Crippen LogP contribution in [0.2, 0.25) is 0 Å². The van der Waals surface area contributed by atoms with E-state index in [1.54, 1.807) is 13.8 Å². The quantitative estimate of drug-likeness (QED) is 0.811. The number of carbonyl (C=O) groups excluding carboxylic acids is 1. The summed E-state index contributed by atoms with van der Waals surface area (Å²) in [5, 5.41) is 22.3. The zero-order valence-electron chi connectivity index (χ0n) is 15.9. The van der Waals surface area contributed by atoms with Gasteiger partial charge >= 0.3 is 0 Å². The summed E-state index contributed by atoms with van der Waals surface area (Å²) >= 11 is 0. The molecule has 138 valence electrons. The highest BCUT2D eigenvalue weighted by atomic mass is 16.2. The number of hydrogen-bond acceptors (Lipinski definition) is 5. The number of nitriles is 2. The van der Waals surface area contributed by atoms with Crippen molar-refractivity contribution < 1.29 is 4.79 Å². The molecule has 0 saturated heterocycles. The van der Waals surface area contributed by atoms with Crippen LogP contribution in [-0.2, 0) is 11.3 Å². The first kappa shape index (κ1) is 19.9. The van der Waals surface area contributed by atoms with Gasteiger partial charge in [-0.05, 0) is 56.5 Å². The Bertz CT molecular complexity index is 1000. The van der Waals surface area contributed by atoms with Crippen LogP contribution in [-0.4, -0.2) is 22.2 Å². The second kappa shape index (κ2) is 8.29. The minimum Gasteiger partial charge on any atom is -0.310 e. The summed E-state index contributed by atoms with van der Waals surface area (Å²) in [6.45, 7) is 7.11. The molecule has 2 rings (SSSR count). The van der Waals surface area contributed by atoms with Crippen LogP contribution in [0.4, 0.5) is 5.69 Å². The molecule has 1 amide bonds. The van der Waals surface area contributed by atoms with E-state index in [0.717, 1.165) is 15.8 Å². The first-order chi connectivity index (χ1) is 12.8. The van der Waals surface area contributed by atoms with E-state index in [2.05, 4.69) is 5.10 Å². The third kappa shape index (κ3) is 4.39. The molecule has 0 aliphatic rings. The summed E-state index contributed by atoms with van der Waals surface area (Å²) < 4.78 is 1.02. The number of rotatable bonds is 5. The molecular weight excluding hydrogens is 342 g/mol. The van der Waals surface area contributed by atoms with Crippen LogP contribution < -0.4 is 10.5 Å². The molecule has 0 atom stereocenters. The van der Waals surface area contributed by atoms with Gasteiger partial charge in [0.15, 0.2) is 0 Å². The van der Waals surface area contributed by atoms with Crippen LogP contribution in [0.5, 0.6) is 0 Å². The van der Waals surface area contributed by atoms with Gasteiger partial charge in [0.25, 0.3) is 5.56 Å². The van der Waals surface area contributed by atoms with Crippen LogP contribution in [0.25, 0.3) is 0 Å². The normalized spacial score (nSPS) is 10.1. The molecule has 0 N–H and O–H groups in total. The standard InChI is InChI=1S/C20H21N5O2/c1-13-8-14(2)10-17(9-13)24(7-5-6-21)19(26)12-25-20(27)18(11-22)15(3)16(4)23-25/h8-10H,5,7,12H2,1-4H3. The lowest BCUT2D eigenvalue weighted by Gasteiger charge is -2.23. The second-order valence-corrected chi connectivity index (χ2v) is 6.46. The highest BCUT2D eigenvalue weighted by molar-refractivity contribution is 5.93. The second-order valence-electron chi connectivity index (χ2n) is 6.46. The maximum absolute atomic E-state index is 12.9. The lowest BCUT2D eigenvalue weighted by molar-refractivity contribution is -0.119. The average Bonchev–Trinajstić information content (AvgIpc) is 2.59. The fourth-order valence-corrected chi connectivity index (χ4v) is 2.89. The van der Waals surface area contributed by atoms with Gasteiger partial charge in [0, 0.05) is 12.2 Å². The summed E-state index contributed by atoms with van der Waals surface area (Å²) in [6, 6.07) is 9.64. The van der Waals surface area contributed by atoms with Crippen LogP contribution in [0.3, 0.4) is 0 Å². The first-order valence-electron chi connectivity index (χ1n) is 8.52. The van der Waals surface area contributed by atoms with Crippen molar-refractivity contribution in [3.8, 4) is 12.1 Å². The van der Waals surface area contributed by atoms with E-state index in [4.69, 9.17) is 5.26 Å². The molecular formula is C20H21N5O2. The van der Waals surface area contributed by atoms with E-state index < -0.39 is 5.56 Å². The number of aryl methyl sites for hydroxylation is 3. The van der Waals surface area contributed by atoms with Crippen molar-refractivity contribution in [2.45, 2.75) is 40.7 Å². The number of benzene rings is 1. The highest BCUT2D eigenvalue weighted by Gasteiger charge is 2.20. The largest absolute Gasteiger partial charge is 0.310 e. The van der Waals surface area contributed by atoms with Crippen molar-refractivity contribution in [2.24, 2.45) is 0 Å². The molecule has 0 aliphatic heterocycles. The van der Waals surface area contributed by atoms with Crippen molar-refractivity contribution in [3.63, 3.8) is 0 Å². The summed E-state index contributed by atoms with van der Waals surface area (Å²) in [4.78, 5) is 26.9. The maximum Gasteiger partial charge on any atom is 0.285 e. The zero-order valence-corrected chi connectivity index (χ0v) is 15.9. The zero-order chi connectivity index (χ0) is 20.1. The molecule has 0 saturated carbocycles. The maximum atomic E-state index is 12.9. The molecule has 1 heterocycles. The van der Waals surface area contributed by atoms with E-state index >= 15 is 0 Å². The Morgan fingerprint density at radius 1 is 1.15 bits per heavy atom. The van der Waals surface area contributed by atoms with Crippen LogP contribution >= 0.6 is 0 Å². The minimum absolute atomic E-state index is 0.00900. The number of hydrogen-bond donors (Lipinski definition) is 0. The van der Waals surface area contributed by atoms with Crippen molar-refractivity contribution in [1.29, 1.82) is 10.5 Å². The molecule has 1 aromatic carbocycles. The van der Waals surface area contributed by atoms with E-state index in [1.807, 2.05) is 44.2 Å². The molecule has 0 radical (unpaired) electrons. The molecule has 0 bridgehead atoms. The van der Waals surface area contributed by atoms with Crippen molar-refractivity contribution in [3.05, 3.63) is 56.5 Å². The molecule has 0 aliphatic carbocycles. The Balaban J connectivity index is 2.43. The van der Waals surface area contributed by atoms with E-state index in [1.165, 1.54) is 4.90 Å². The molecule has 0 fully saturated rings. The molecule has 2 aromatic rings. The highest BCUT2D eigenvalue weighted by Crippen LogP contribution is 2.19. The topological polar surface area (TPSA) is 103 Å². The molecule has 7 heteroatoms. The van der Waals surface area contributed by atoms with Crippen molar-refractivity contribution >= 4 is 11.6 Å². The van der Waals surface area contributed by atoms with Gasteiger partial charge in [-0.2, -0.15) is 15.6 Å². The van der Waals surface area contributed by atoms with E-state index in [9.17, 15) is 14.9 Å². The molecule has 1 aromatic heterocycles. The van der Waals surface area contributed by atoms with E-state index in [-0.39, 0.29) is 31.0 Å². The molecule has 0 spiro atoms. The van der Waals surface area contributed by atoms with Crippen molar-refractivity contribution in [2.75, 3.05) is 11.4 Å². The minimum atomic E-state index is -0.588. The lowest BCUT2D eigenvalue weighted by atomic mass is 10.1. The Morgan fingerprint density at radius 3 is 2.33 bits per heavy atom. The molecule has 0 unspecified atom stereocenters. The third-order valence-corrected chi connectivity index (χ3v) is 4.30. The number of carbonyl (C=O) groups is 1. The van der Waals surface area contributed by atoms with Gasteiger partial charge in [-0.3, -0.25) is 9.59 Å². The average molecular weight is 363 g/mol. The van der Waals surface area contributed by atoms with Gasteiger partial charge in [-0.1, -0.05) is 6.07 Å². The third-order valence-electron chi connectivity index (χ3n) is 4.30. The molecule has 7 nitrogen and oxygen atoms in total. The van der Waals surface area contributed by atoms with Gasteiger partial charge in [0.05, 0.1) is 18.2 Å². The summed E-state index contributed by atoms with van der Waals surface area (Å²) in [6.07, 6.45) is 0.164. The fraction of sp³-hybridized carbons (Fsp3) is 0.350. The number of aromatic nitrogens is 2. The van der Waals surface area contributed by atoms with E-state index in [0.29, 0.717) is 16.9 Å². The van der Waals surface area contributed by atoms with Crippen LogP contribution in [0.15, 0.2) is 23.0 Å². The Hall–Kier alpha value is -3.45. The number of nitrogens with zero attached hydrogens (tertiary/aromatic N) is 5. The van der Waals surface area contributed by atoms with Gasteiger partial charge in [0.1, 0.15) is 18.2 Å². The monoisotopic (exact) mass is 363 g/mol. The van der Waals surface area contributed by atoms with Crippen molar-refractivity contribution in [1.82, 2.24) is 9.78 Å².